The van der Waals surface area contributed by atoms with Gasteiger partial charge in [0, 0.05) is 44.1 Å². The number of rotatable bonds is 9. The van der Waals surface area contributed by atoms with Crippen molar-refractivity contribution in [2.45, 2.75) is 32.9 Å². The normalized spacial score (nSPS) is 19.7. The summed E-state index contributed by atoms with van der Waals surface area (Å²) < 4.78 is 7.50. The lowest BCUT2D eigenvalue weighted by atomic mass is 9.84. The van der Waals surface area contributed by atoms with Crippen molar-refractivity contribution in [3.05, 3.63) is 53.9 Å². The first-order valence-electron chi connectivity index (χ1n) is 10.00. The fourth-order valence-electron chi connectivity index (χ4n) is 3.52. The zero-order chi connectivity index (χ0) is 19.7. The Morgan fingerprint density at radius 3 is 2.82 bits per heavy atom. The van der Waals surface area contributed by atoms with E-state index in [0.717, 1.165) is 45.0 Å². The molecule has 1 aromatic heterocycles. The number of aromatic nitrogens is 2. The fourth-order valence-corrected chi connectivity index (χ4v) is 3.52. The van der Waals surface area contributed by atoms with Gasteiger partial charge < -0.3 is 20.5 Å². The molecule has 1 atom stereocenters. The number of guanidine groups is 1. The van der Waals surface area contributed by atoms with Gasteiger partial charge in [-0.3, -0.25) is 4.68 Å². The van der Waals surface area contributed by atoms with Gasteiger partial charge in [-0.05, 0) is 37.0 Å². The number of benzene rings is 1. The molecule has 1 aliphatic heterocycles. The van der Waals surface area contributed by atoms with Crippen LogP contribution in [-0.4, -0.2) is 53.8 Å². The van der Waals surface area contributed by atoms with Gasteiger partial charge in [-0.2, -0.15) is 5.10 Å². The Balaban J connectivity index is 1.66. The lowest BCUT2D eigenvalue weighted by Crippen LogP contribution is -2.44. The Hall–Kier alpha value is -2.38. The first-order valence-corrected chi connectivity index (χ1v) is 10.00. The number of hydrogen-bond donors (Lipinski definition) is 3. The first kappa shape index (κ1) is 20.4. The summed E-state index contributed by atoms with van der Waals surface area (Å²) in [5.74, 6) is 0.792. The number of aliphatic hydroxyl groups excluding tert-OH is 1. The SMILES string of the molecule is CCNC(=NCc1ccccc1Cn1cccn1)NCC1(CCO)CCOC1. The molecule has 28 heavy (non-hydrogen) atoms. The molecule has 0 spiro atoms. The highest BCUT2D eigenvalue weighted by atomic mass is 16.5. The predicted octanol–water partition coefficient (Wildman–Crippen LogP) is 1.78. The molecule has 7 nitrogen and oxygen atoms in total. The van der Waals surface area contributed by atoms with Crippen molar-refractivity contribution in [1.29, 1.82) is 0 Å². The van der Waals surface area contributed by atoms with Crippen molar-refractivity contribution in [3.63, 3.8) is 0 Å². The molecule has 0 bridgehead atoms. The van der Waals surface area contributed by atoms with Crippen molar-refractivity contribution in [2.75, 3.05) is 32.9 Å². The third kappa shape index (κ3) is 5.56. The molecule has 0 amide bonds. The van der Waals surface area contributed by atoms with Gasteiger partial charge in [-0.15, -0.1) is 0 Å². The van der Waals surface area contributed by atoms with Gasteiger partial charge in [0.1, 0.15) is 0 Å². The fraction of sp³-hybridized carbons (Fsp3) is 0.524. The van der Waals surface area contributed by atoms with E-state index in [1.807, 2.05) is 29.1 Å². The van der Waals surface area contributed by atoms with Crippen molar-refractivity contribution >= 4 is 5.96 Å². The van der Waals surface area contributed by atoms with Gasteiger partial charge in [0.15, 0.2) is 5.96 Å². The summed E-state index contributed by atoms with van der Waals surface area (Å²) in [5, 5.41) is 20.5. The lowest BCUT2D eigenvalue weighted by molar-refractivity contribution is 0.127. The number of hydrogen-bond acceptors (Lipinski definition) is 4. The maximum atomic E-state index is 9.41. The molecule has 1 aromatic carbocycles. The maximum Gasteiger partial charge on any atom is 0.191 e. The highest BCUT2D eigenvalue weighted by molar-refractivity contribution is 5.79. The smallest absolute Gasteiger partial charge is 0.191 e. The van der Waals surface area contributed by atoms with Crippen LogP contribution in [-0.2, 0) is 17.8 Å². The van der Waals surface area contributed by atoms with Crippen LogP contribution in [0.2, 0.25) is 0 Å². The van der Waals surface area contributed by atoms with E-state index in [1.165, 1.54) is 11.1 Å². The quantitative estimate of drug-likeness (QED) is 0.453. The summed E-state index contributed by atoms with van der Waals surface area (Å²) in [6.07, 6.45) is 5.47. The molecule has 2 heterocycles. The van der Waals surface area contributed by atoms with Crippen LogP contribution in [0.3, 0.4) is 0 Å². The second-order valence-electron chi connectivity index (χ2n) is 7.30. The Kier molecular flexibility index (Phi) is 7.45. The number of aliphatic imine (C=N–C) groups is 1. The molecular weight excluding hydrogens is 354 g/mol. The van der Waals surface area contributed by atoms with Crippen molar-refractivity contribution in [2.24, 2.45) is 10.4 Å². The van der Waals surface area contributed by atoms with Gasteiger partial charge >= 0.3 is 0 Å². The second kappa shape index (κ2) is 10.2. The van der Waals surface area contributed by atoms with E-state index in [-0.39, 0.29) is 12.0 Å². The topological polar surface area (TPSA) is 83.7 Å². The molecule has 1 saturated heterocycles. The van der Waals surface area contributed by atoms with Crippen LogP contribution in [0, 0.1) is 5.41 Å². The highest BCUT2D eigenvalue weighted by Crippen LogP contribution is 2.31. The van der Waals surface area contributed by atoms with E-state index >= 15 is 0 Å². The van der Waals surface area contributed by atoms with Crippen LogP contribution >= 0.6 is 0 Å². The van der Waals surface area contributed by atoms with Gasteiger partial charge in [-0.1, -0.05) is 24.3 Å². The minimum atomic E-state index is -0.0110. The molecular formula is C21H31N5O2. The summed E-state index contributed by atoms with van der Waals surface area (Å²) in [7, 11) is 0. The predicted molar refractivity (Wildman–Crippen MR) is 110 cm³/mol. The van der Waals surface area contributed by atoms with Crippen LogP contribution in [0.25, 0.3) is 0 Å². The molecule has 3 rings (SSSR count). The number of nitrogens with one attached hydrogen (secondary N) is 2. The second-order valence-corrected chi connectivity index (χ2v) is 7.30. The summed E-state index contributed by atoms with van der Waals surface area (Å²) in [6, 6.07) is 10.3. The van der Waals surface area contributed by atoms with E-state index in [4.69, 9.17) is 9.73 Å². The summed E-state index contributed by atoms with van der Waals surface area (Å²) in [4.78, 5) is 4.79. The van der Waals surface area contributed by atoms with E-state index in [2.05, 4.69) is 34.8 Å². The van der Waals surface area contributed by atoms with Crippen molar-refractivity contribution < 1.29 is 9.84 Å². The van der Waals surface area contributed by atoms with Crippen LogP contribution in [0.5, 0.6) is 0 Å². The molecule has 0 saturated carbocycles. The summed E-state index contributed by atoms with van der Waals surface area (Å²) in [5.41, 5.74) is 2.39. The minimum Gasteiger partial charge on any atom is -0.396 e. The van der Waals surface area contributed by atoms with Crippen LogP contribution < -0.4 is 10.6 Å². The maximum absolute atomic E-state index is 9.41. The van der Waals surface area contributed by atoms with Gasteiger partial charge in [0.25, 0.3) is 0 Å². The van der Waals surface area contributed by atoms with Crippen LogP contribution in [0.15, 0.2) is 47.7 Å². The molecule has 3 N–H and O–H groups in total. The third-order valence-electron chi connectivity index (χ3n) is 5.22. The molecule has 0 aliphatic carbocycles. The zero-order valence-corrected chi connectivity index (χ0v) is 16.6. The van der Waals surface area contributed by atoms with Gasteiger partial charge in [0.05, 0.1) is 19.7 Å². The summed E-state index contributed by atoms with van der Waals surface area (Å²) in [6.45, 7) is 6.56. The Morgan fingerprint density at radius 2 is 2.14 bits per heavy atom. The van der Waals surface area contributed by atoms with E-state index < -0.39 is 0 Å². The molecule has 2 aromatic rings. The van der Waals surface area contributed by atoms with Gasteiger partial charge in [-0.25, -0.2) is 4.99 Å². The molecule has 7 heteroatoms. The number of ether oxygens (including phenoxy) is 1. The first-order chi connectivity index (χ1) is 13.7. The van der Waals surface area contributed by atoms with Crippen LogP contribution in [0.1, 0.15) is 30.9 Å². The molecule has 1 unspecified atom stereocenters. The van der Waals surface area contributed by atoms with Crippen molar-refractivity contribution in [3.8, 4) is 0 Å². The monoisotopic (exact) mass is 385 g/mol. The Bertz CT molecular complexity index is 739. The van der Waals surface area contributed by atoms with E-state index in [1.54, 1.807) is 6.20 Å². The zero-order valence-electron chi connectivity index (χ0n) is 16.6. The standard InChI is InChI=1S/C21H31N5O2/c1-2-22-20(24-16-21(8-12-27)9-13-28-17-21)23-14-18-6-3-4-7-19(18)15-26-11-5-10-25-26/h3-7,10-11,27H,2,8-9,12-17H2,1H3,(H2,22,23,24). The average Bonchev–Trinajstić information content (AvgIpc) is 3.38. The van der Waals surface area contributed by atoms with Gasteiger partial charge in [0.2, 0.25) is 0 Å². The number of nitrogens with zero attached hydrogens (tertiary/aromatic N) is 3. The lowest BCUT2D eigenvalue weighted by Gasteiger charge is -2.27. The average molecular weight is 386 g/mol. The summed E-state index contributed by atoms with van der Waals surface area (Å²) >= 11 is 0. The minimum absolute atomic E-state index is 0.0110. The number of aliphatic hydroxyl groups is 1. The van der Waals surface area contributed by atoms with Crippen LogP contribution in [0.4, 0.5) is 0 Å². The van der Waals surface area contributed by atoms with E-state index in [9.17, 15) is 5.11 Å². The Morgan fingerprint density at radius 1 is 1.29 bits per heavy atom. The third-order valence-corrected chi connectivity index (χ3v) is 5.22. The molecule has 1 aliphatic rings. The largest absolute Gasteiger partial charge is 0.396 e. The van der Waals surface area contributed by atoms with E-state index in [0.29, 0.717) is 13.2 Å². The Labute approximate surface area is 166 Å². The highest BCUT2D eigenvalue weighted by Gasteiger charge is 2.34. The molecule has 152 valence electrons. The molecule has 1 fully saturated rings. The molecule has 0 radical (unpaired) electrons. The van der Waals surface area contributed by atoms with Crippen molar-refractivity contribution in [1.82, 2.24) is 20.4 Å².